The van der Waals surface area contributed by atoms with Crippen LogP contribution >= 0.6 is 11.6 Å². The zero-order valence-corrected chi connectivity index (χ0v) is 22.4. The summed E-state index contributed by atoms with van der Waals surface area (Å²) >= 11 is 6.25. The molecule has 0 bridgehead atoms. The Morgan fingerprint density at radius 3 is 2.64 bits per heavy atom. The molecule has 2 amide bonds. The fourth-order valence-electron chi connectivity index (χ4n) is 5.29. The van der Waals surface area contributed by atoms with Crippen LogP contribution in [0.1, 0.15) is 41.0 Å². The van der Waals surface area contributed by atoms with Crippen LogP contribution in [0.25, 0.3) is 11.5 Å². The lowest BCUT2D eigenvalue weighted by Gasteiger charge is -2.31. The van der Waals surface area contributed by atoms with E-state index < -0.39 is 6.04 Å². The van der Waals surface area contributed by atoms with Crippen LogP contribution in [0, 0.1) is 12.7 Å². The van der Waals surface area contributed by atoms with Crippen molar-refractivity contribution in [3.8, 4) is 11.5 Å². The van der Waals surface area contributed by atoms with E-state index in [0.717, 1.165) is 34.0 Å². The molecule has 6 nitrogen and oxygen atoms in total. The molecule has 0 aliphatic carbocycles. The van der Waals surface area contributed by atoms with Crippen molar-refractivity contribution < 1.29 is 9.18 Å². The highest BCUT2D eigenvalue weighted by atomic mass is 35.5. The molecule has 3 heterocycles. The average molecular weight is 540 g/mol. The van der Waals surface area contributed by atoms with Crippen LogP contribution < -0.4 is 5.32 Å². The molecule has 1 atom stereocenters. The Hall–Kier alpha value is -4.36. The second-order valence-electron chi connectivity index (χ2n) is 9.63. The van der Waals surface area contributed by atoms with Crippen LogP contribution in [-0.2, 0) is 13.0 Å². The van der Waals surface area contributed by atoms with Crippen LogP contribution in [-0.4, -0.2) is 25.3 Å². The maximum Gasteiger partial charge on any atom is 0.322 e. The molecule has 0 spiro atoms. The van der Waals surface area contributed by atoms with Crippen LogP contribution in [0.2, 0.25) is 5.02 Å². The van der Waals surface area contributed by atoms with Crippen LogP contribution in [0.4, 0.5) is 14.9 Å². The second-order valence-corrected chi connectivity index (χ2v) is 10.1. The van der Waals surface area contributed by atoms with E-state index in [0.29, 0.717) is 22.7 Å². The van der Waals surface area contributed by atoms with Crippen molar-refractivity contribution >= 4 is 23.3 Å². The first kappa shape index (κ1) is 24.9. The Balaban J connectivity index is 1.56. The number of nitrogens with zero attached hydrogens (tertiary/aromatic N) is 4. The zero-order chi connectivity index (χ0) is 27.1. The second kappa shape index (κ2) is 10.1. The van der Waals surface area contributed by atoms with E-state index >= 15 is 0 Å². The Morgan fingerprint density at radius 2 is 1.87 bits per heavy atom. The molecule has 196 valence electrons. The fourth-order valence-corrected chi connectivity index (χ4v) is 5.46. The van der Waals surface area contributed by atoms with E-state index in [9.17, 15) is 9.18 Å². The molecule has 8 heteroatoms. The largest absolute Gasteiger partial charge is 0.322 e. The number of anilines is 1. The highest BCUT2D eigenvalue weighted by Gasteiger charge is 2.36. The highest BCUT2D eigenvalue weighted by molar-refractivity contribution is 6.31. The van der Waals surface area contributed by atoms with Crippen LogP contribution in [0.3, 0.4) is 0 Å². The number of urea groups is 1. The summed E-state index contributed by atoms with van der Waals surface area (Å²) in [7, 11) is 0. The van der Waals surface area contributed by atoms with Crippen LogP contribution in [0.5, 0.6) is 0 Å². The Labute approximate surface area is 231 Å². The number of benzene rings is 3. The van der Waals surface area contributed by atoms with E-state index in [-0.39, 0.29) is 18.4 Å². The molecular weight excluding hydrogens is 513 g/mol. The van der Waals surface area contributed by atoms with Gasteiger partial charge in [0.2, 0.25) is 0 Å². The van der Waals surface area contributed by atoms with Crippen molar-refractivity contribution in [1.29, 1.82) is 0 Å². The average Bonchev–Trinajstić information content (AvgIpc) is 3.52. The standard InChI is InChI=1S/C31H27ClFN5O/c1-3-26-25-19-37(31(39)34-27-18-22(32)15-14-20(27)2)29(21-9-7-10-23(33)17-21)28-13-8-16-36(28)30(25)38(35-26)24-11-5-4-6-12-24/h4-18,29H,3,19H2,1-2H3,(H,34,39). The van der Waals surface area contributed by atoms with Gasteiger partial charge in [0, 0.05) is 22.5 Å². The lowest BCUT2D eigenvalue weighted by Crippen LogP contribution is -2.38. The summed E-state index contributed by atoms with van der Waals surface area (Å²) in [6, 6.07) is 24.8. The van der Waals surface area contributed by atoms with Gasteiger partial charge in [-0.3, -0.25) is 0 Å². The minimum Gasteiger partial charge on any atom is -0.307 e. The van der Waals surface area contributed by atoms with E-state index in [1.807, 2.05) is 72.4 Å². The fraction of sp³-hybridized carbons (Fsp3) is 0.161. The number of nitrogens with one attached hydrogen (secondary N) is 1. The molecule has 1 N–H and O–H groups in total. The predicted octanol–water partition coefficient (Wildman–Crippen LogP) is 7.46. The SMILES string of the molecule is CCc1nn(-c2ccccc2)c2c1CN(C(=O)Nc1cc(Cl)ccc1C)C(c1cccc(F)c1)c1cccn1-2. The maximum absolute atomic E-state index is 14.6. The molecule has 0 fully saturated rings. The van der Waals surface area contributed by atoms with Crippen molar-refractivity contribution in [1.82, 2.24) is 19.2 Å². The molecule has 0 saturated heterocycles. The summed E-state index contributed by atoms with van der Waals surface area (Å²) in [5.41, 5.74) is 5.78. The number of carbonyl (C=O) groups is 1. The van der Waals surface area contributed by atoms with E-state index in [1.54, 1.807) is 23.1 Å². The zero-order valence-electron chi connectivity index (χ0n) is 21.6. The first-order valence-electron chi connectivity index (χ1n) is 12.9. The first-order valence-corrected chi connectivity index (χ1v) is 13.3. The van der Waals surface area contributed by atoms with Gasteiger partial charge in [0.25, 0.3) is 0 Å². The summed E-state index contributed by atoms with van der Waals surface area (Å²) in [5.74, 6) is 0.511. The molecule has 5 aromatic rings. The highest BCUT2D eigenvalue weighted by Crippen LogP contribution is 2.39. The van der Waals surface area contributed by atoms with Gasteiger partial charge in [-0.1, -0.05) is 54.9 Å². The third-order valence-electron chi connectivity index (χ3n) is 7.17. The molecule has 1 aliphatic heterocycles. The summed E-state index contributed by atoms with van der Waals surface area (Å²) in [6.07, 6.45) is 2.66. The van der Waals surface area contributed by atoms with Crippen molar-refractivity contribution in [2.24, 2.45) is 0 Å². The summed E-state index contributed by atoms with van der Waals surface area (Å²) in [4.78, 5) is 15.9. The molecular formula is C31H27ClFN5O. The molecule has 0 saturated carbocycles. The number of hydrogen-bond acceptors (Lipinski definition) is 2. The van der Waals surface area contributed by atoms with Gasteiger partial charge in [-0.25, -0.2) is 13.9 Å². The summed E-state index contributed by atoms with van der Waals surface area (Å²) in [6.45, 7) is 4.25. The third-order valence-corrected chi connectivity index (χ3v) is 7.41. The van der Waals surface area contributed by atoms with Crippen molar-refractivity contribution in [3.63, 3.8) is 0 Å². The van der Waals surface area contributed by atoms with E-state index in [1.165, 1.54) is 12.1 Å². The number of fused-ring (bicyclic) bond motifs is 3. The molecule has 0 radical (unpaired) electrons. The molecule has 39 heavy (non-hydrogen) atoms. The Morgan fingerprint density at radius 1 is 1.05 bits per heavy atom. The molecule has 3 aromatic carbocycles. The lowest BCUT2D eigenvalue weighted by atomic mass is 10.0. The first-order chi connectivity index (χ1) is 18.9. The summed E-state index contributed by atoms with van der Waals surface area (Å²) < 4.78 is 18.6. The topological polar surface area (TPSA) is 55.1 Å². The van der Waals surface area contributed by atoms with Gasteiger partial charge in [-0.15, -0.1) is 0 Å². The van der Waals surface area contributed by atoms with Gasteiger partial charge in [-0.2, -0.15) is 5.10 Å². The van der Waals surface area contributed by atoms with Crippen molar-refractivity contribution in [3.05, 3.63) is 130 Å². The van der Waals surface area contributed by atoms with Crippen molar-refractivity contribution in [2.45, 2.75) is 32.9 Å². The van der Waals surface area contributed by atoms with Crippen molar-refractivity contribution in [2.75, 3.05) is 5.32 Å². The number of carbonyl (C=O) groups excluding carboxylic acids is 1. The Kier molecular flexibility index (Phi) is 6.45. The number of aromatic nitrogens is 3. The summed E-state index contributed by atoms with van der Waals surface area (Å²) in [5, 5.41) is 8.57. The van der Waals surface area contributed by atoms with Gasteiger partial charge in [0.15, 0.2) is 0 Å². The minimum atomic E-state index is -0.559. The number of para-hydroxylation sites is 1. The predicted molar refractivity (Wildman–Crippen MR) is 151 cm³/mol. The van der Waals surface area contributed by atoms with Gasteiger partial charge >= 0.3 is 6.03 Å². The minimum absolute atomic E-state index is 0.277. The van der Waals surface area contributed by atoms with Crippen LogP contribution in [0.15, 0.2) is 91.1 Å². The maximum atomic E-state index is 14.6. The van der Waals surface area contributed by atoms with Gasteiger partial charge in [-0.05, 0) is 73.0 Å². The van der Waals surface area contributed by atoms with Gasteiger partial charge in [0.1, 0.15) is 11.6 Å². The molecule has 1 unspecified atom stereocenters. The number of rotatable bonds is 4. The normalized spacial score (nSPS) is 14.5. The Bertz CT molecular complexity index is 1680. The third kappa shape index (κ3) is 4.49. The quantitative estimate of drug-likeness (QED) is 0.258. The van der Waals surface area contributed by atoms with Gasteiger partial charge in [0.05, 0.1) is 29.7 Å². The van der Waals surface area contributed by atoms with Gasteiger partial charge < -0.3 is 14.8 Å². The lowest BCUT2D eigenvalue weighted by molar-refractivity contribution is 0.194. The van der Waals surface area contributed by atoms with E-state index in [2.05, 4.69) is 16.8 Å². The number of aryl methyl sites for hydroxylation is 2. The molecule has 1 aliphatic rings. The number of amides is 2. The number of hydrogen-bond donors (Lipinski definition) is 1. The molecule has 6 rings (SSSR count). The number of halogens is 2. The molecule has 2 aromatic heterocycles. The van der Waals surface area contributed by atoms with E-state index in [4.69, 9.17) is 16.7 Å². The monoisotopic (exact) mass is 539 g/mol. The smallest absolute Gasteiger partial charge is 0.307 e.